The third-order valence-electron chi connectivity index (χ3n) is 5.27. The zero-order valence-electron chi connectivity index (χ0n) is 18.9. The van der Waals surface area contributed by atoms with Crippen LogP contribution in [0.1, 0.15) is 70.2 Å². The van der Waals surface area contributed by atoms with Crippen molar-refractivity contribution >= 4 is 18.2 Å². The maximum atomic E-state index is 13.2. The third-order valence-corrected chi connectivity index (χ3v) is 5.27. The first-order valence-corrected chi connectivity index (χ1v) is 10.3. The molecule has 0 heterocycles. The molecule has 30 heavy (non-hydrogen) atoms. The molecule has 2 aliphatic rings. The Labute approximate surface area is 177 Å². The van der Waals surface area contributed by atoms with Crippen LogP contribution >= 0.6 is 0 Å². The smallest absolute Gasteiger partial charge is 0.421 e. The molecule has 0 aromatic heterocycles. The Kier molecular flexibility index (Phi) is 5.37. The SMILES string of the molecule is COC(=O)C1(N(C(=O)OC(C)(C)C)C(=O)OC(C)(C)C)Cc2cc3c(cc21)CCC3. The molecule has 0 N–H and O–H groups in total. The second kappa shape index (κ2) is 7.29. The van der Waals surface area contributed by atoms with Gasteiger partial charge in [0.15, 0.2) is 5.54 Å². The molecular weight excluding hydrogens is 386 g/mol. The minimum atomic E-state index is -1.60. The number of fused-ring (bicyclic) bond motifs is 2. The molecule has 0 saturated heterocycles. The van der Waals surface area contributed by atoms with Crippen molar-refractivity contribution in [1.82, 2.24) is 4.90 Å². The highest BCUT2D eigenvalue weighted by molar-refractivity contribution is 5.99. The van der Waals surface area contributed by atoms with Gasteiger partial charge in [-0.2, -0.15) is 4.90 Å². The lowest BCUT2D eigenvalue weighted by Crippen LogP contribution is -2.64. The van der Waals surface area contributed by atoms with Gasteiger partial charge in [0.1, 0.15) is 11.2 Å². The summed E-state index contributed by atoms with van der Waals surface area (Å²) in [5.74, 6) is -0.690. The molecule has 1 unspecified atom stereocenters. The maximum absolute atomic E-state index is 13.2. The Bertz CT molecular complexity index is 864. The van der Waals surface area contributed by atoms with Gasteiger partial charge >= 0.3 is 18.2 Å². The van der Waals surface area contributed by atoms with Gasteiger partial charge in [-0.05, 0) is 83.1 Å². The number of benzene rings is 1. The molecule has 3 rings (SSSR count). The average Bonchev–Trinajstić information content (AvgIpc) is 3.02. The van der Waals surface area contributed by atoms with Crippen LogP contribution in [0.15, 0.2) is 12.1 Å². The predicted molar refractivity (Wildman–Crippen MR) is 110 cm³/mol. The highest BCUT2D eigenvalue weighted by atomic mass is 16.6. The molecular formula is C23H31NO6. The van der Waals surface area contributed by atoms with Crippen molar-refractivity contribution in [3.8, 4) is 0 Å². The highest BCUT2D eigenvalue weighted by Crippen LogP contribution is 2.48. The molecule has 0 radical (unpaired) electrons. The van der Waals surface area contributed by atoms with Gasteiger partial charge in [0.05, 0.1) is 7.11 Å². The van der Waals surface area contributed by atoms with E-state index in [2.05, 4.69) is 6.07 Å². The Morgan fingerprint density at radius 2 is 1.37 bits per heavy atom. The van der Waals surface area contributed by atoms with E-state index in [9.17, 15) is 14.4 Å². The molecule has 1 aromatic rings. The Morgan fingerprint density at radius 1 is 0.867 bits per heavy atom. The number of ether oxygens (including phenoxy) is 3. The molecule has 0 aliphatic heterocycles. The van der Waals surface area contributed by atoms with E-state index in [-0.39, 0.29) is 6.42 Å². The number of imide groups is 1. The topological polar surface area (TPSA) is 82.1 Å². The van der Waals surface area contributed by atoms with E-state index >= 15 is 0 Å². The van der Waals surface area contributed by atoms with E-state index in [4.69, 9.17) is 14.2 Å². The lowest BCUT2D eigenvalue weighted by Gasteiger charge is -2.47. The van der Waals surface area contributed by atoms with Gasteiger partial charge in [-0.3, -0.25) is 0 Å². The van der Waals surface area contributed by atoms with E-state index in [1.165, 1.54) is 12.7 Å². The van der Waals surface area contributed by atoms with Gasteiger partial charge in [0.25, 0.3) is 0 Å². The van der Waals surface area contributed by atoms with Gasteiger partial charge in [-0.15, -0.1) is 0 Å². The van der Waals surface area contributed by atoms with E-state index < -0.39 is 34.9 Å². The summed E-state index contributed by atoms with van der Waals surface area (Å²) in [5, 5.41) is 0. The van der Waals surface area contributed by atoms with Crippen molar-refractivity contribution in [2.75, 3.05) is 7.11 Å². The lowest BCUT2D eigenvalue weighted by molar-refractivity contribution is -0.157. The molecule has 164 valence electrons. The minimum absolute atomic E-state index is 0.167. The maximum Gasteiger partial charge on any atom is 0.421 e. The van der Waals surface area contributed by atoms with E-state index in [0.717, 1.165) is 35.3 Å². The number of hydrogen-bond donors (Lipinski definition) is 0. The van der Waals surface area contributed by atoms with Crippen LogP contribution in [-0.2, 0) is 43.8 Å². The number of rotatable bonds is 2. The fourth-order valence-corrected chi connectivity index (χ4v) is 4.11. The van der Waals surface area contributed by atoms with Crippen LogP contribution in [0.25, 0.3) is 0 Å². The molecule has 7 heteroatoms. The summed E-state index contributed by atoms with van der Waals surface area (Å²) < 4.78 is 16.1. The van der Waals surface area contributed by atoms with E-state index in [1.54, 1.807) is 41.5 Å². The summed E-state index contributed by atoms with van der Waals surface area (Å²) >= 11 is 0. The Hall–Kier alpha value is -2.57. The van der Waals surface area contributed by atoms with Crippen molar-refractivity contribution < 1.29 is 28.6 Å². The van der Waals surface area contributed by atoms with Crippen molar-refractivity contribution in [2.24, 2.45) is 0 Å². The first-order chi connectivity index (χ1) is 13.8. The average molecular weight is 418 g/mol. The minimum Gasteiger partial charge on any atom is -0.467 e. The van der Waals surface area contributed by atoms with Crippen LogP contribution < -0.4 is 0 Å². The molecule has 0 fully saturated rings. The van der Waals surface area contributed by atoms with Gasteiger partial charge in [-0.1, -0.05) is 12.1 Å². The van der Waals surface area contributed by atoms with Gasteiger partial charge < -0.3 is 14.2 Å². The monoisotopic (exact) mass is 417 g/mol. The molecule has 7 nitrogen and oxygen atoms in total. The zero-order valence-corrected chi connectivity index (χ0v) is 18.9. The summed E-state index contributed by atoms with van der Waals surface area (Å²) in [6, 6.07) is 4.00. The highest BCUT2D eigenvalue weighted by Gasteiger charge is 2.61. The Morgan fingerprint density at radius 3 is 1.83 bits per heavy atom. The number of esters is 1. The summed E-state index contributed by atoms with van der Waals surface area (Å²) in [6.45, 7) is 10.2. The van der Waals surface area contributed by atoms with E-state index in [0.29, 0.717) is 5.56 Å². The fourth-order valence-electron chi connectivity index (χ4n) is 4.11. The molecule has 0 saturated carbocycles. The third kappa shape index (κ3) is 3.89. The van der Waals surface area contributed by atoms with Gasteiger partial charge in [0.2, 0.25) is 0 Å². The molecule has 0 spiro atoms. The summed E-state index contributed by atoms with van der Waals surface area (Å²) in [7, 11) is 1.25. The number of carbonyl (C=O) groups is 3. The van der Waals surface area contributed by atoms with Crippen LogP contribution in [0.5, 0.6) is 0 Å². The van der Waals surface area contributed by atoms with Crippen LogP contribution in [-0.4, -0.2) is 41.4 Å². The van der Waals surface area contributed by atoms with Gasteiger partial charge in [0, 0.05) is 6.42 Å². The normalized spacial score (nSPS) is 19.8. The van der Waals surface area contributed by atoms with Crippen molar-refractivity contribution in [2.45, 2.75) is 84.0 Å². The fraction of sp³-hybridized carbons (Fsp3) is 0.609. The standard InChI is InChI=1S/C23H31NO6/c1-21(2,3)29-19(26)24(20(27)30-22(4,5)6)23(18(25)28-7)13-16-11-14-9-8-10-15(14)12-17(16)23/h11-12H,8-10,13H2,1-7H3. The largest absolute Gasteiger partial charge is 0.467 e. The van der Waals surface area contributed by atoms with Crippen LogP contribution in [0.3, 0.4) is 0 Å². The second-order valence-electron chi connectivity index (χ2n) is 9.96. The van der Waals surface area contributed by atoms with E-state index in [1.807, 2.05) is 6.07 Å². The Balaban J connectivity index is 2.13. The number of amides is 2. The number of hydrogen-bond acceptors (Lipinski definition) is 6. The quantitative estimate of drug-likeness (QED) is 0.528. The van der Waals surface area contributed by atoms with Crippen molar-refractivity contribution in [3.63, 3.8) is 0 Å². The second-order valence-corrected chi connectivity index (χ2v) is 9.96. The molecule has 0 bridgehead atoms. The molecule has 2 aliphatic carbocycles. The number of methoxy groups -OCH3 is 1. The number of aryl methyl sites for hydroxylation is 2. The molecule has 1 atom stereocenters. The predicted octanol–water partition coefficient (Wildman–Crippen LogP) is 4.27. The first kappa shape index (κ1) is 22.1. The molecule has 2 amide bonds. The van der Waals surface area contributed by atoms with Crippen LogP contribution in [0, 0.1) is 0 Å². The summed E-state index contributed by atoms with van der Waals surface area (Å²) in [5.41, 5.74) is 0.596. The first-order valence-electron chi connectivity index (χ1n) is 10.3. The van der Waals surface area contributed by atoms with Crippen molar-refractivity contribution in [3.05, 3.63) is 34.4 Å². The van der Waals surface area contributed by atoms with Gasteiger partial charge in [-0.25, -0.2) is 14.4 Å². The lowest BCUT2D eigenvalue weighted by atomic mass is 9.68. The molecule has 1 aromatic carbocycles. The van der Waals surface area contributed by atoms with Crippen LogP contribution in [0.2, 0.25) is 0 Å². The van der Waals surface area contributed by atoms with Crippen LogP contribution in [0.4, 0.5) is 9.59 Å². The zero-order chi connectivity index (χ0) is 22.5. The van der Waals surface area contributed by atoms with Crippen molar-refractivity contribution in [1.29, 1.82) is 0 Å². The number of nitrogens with zero attached hydrogens (tertiary/aromatic N) is 1. The summed E-state index contributed by atoms with van der Waals surface area (Å²) in [4.78, 5) is 40.3. The summed E-state index contributed by atoms with van der Waals surface area (Å²) in [6.07, 6.45) is 1.24. The number of carbonyl (C=O) groups excluding carboxylic acids is 3.